The Hall–Kier alpha value is -2.67. The van der Waals surface area contributed by atoms with Gasteiger partial charge in [0.1, 0.15) is 0 Å². The van der Waals surface area contributed by atoms with Gasteiger partial charge in [0.05, 0.1) is 18.9 Å². The van der Waals surface area contributed by atoms with Crippen LogP contribution in [0.5, 0.6) is 11.5 Å². The Morgan fingerprint density at radius 2 is 1.90 bits per heavy atom. The third kappa shape index (κ3) is 5.90. The van der Waals surface area contributed by atoms with E-state index in [9.17, 15) is 9.59 Å². The van der Waals surface area contributed by atoms with E-state index in [-0.39, 0.29) is 11.8 Å². The summed E-state index contributed by atoms with van der Waals surface area (Å²) in [5.74, 6) is 0.241. The largest absolute Gasteiger partial charge is 0.493 e. The van der Waals surface area contributed by atoms with Gasteiger partial charge >= 0.3 is 5.97 Å². The van der Waals surface area contributed by atoms with E-state index in [2.05, 4.69) is 26.5 Å². The molecular weight excluding hydrogens is 436 g/mol. The first-order valence-corrected chi connectivity index (χ1v) is 10.3. The third-order valence-electron chi connectivity index (χ3n) is 4.81. The molecule has 1 amide bonds. The number of carbonyl (C=O) groups is 2. The van der Waals surface area contributed by atoms with Gasteiger partial charge in [-0.25, -0.2) is 10.2 Å². The van der Waals surface area contributed by atoms with Crippen LogP contribution in [-0.4, -0.2) is 25.2 Å². The highest BCUT2D eigenvalue weighted by molar-refractivity contribution is 9.10. The van der Waals surface area contributed by atoms with E-state index in [1.165, 1.54) is 13.5 Å². The van der Waals surface area contributed by atoms with Crippen molar-refractivity contribution >= 4 is 34.0 Å². The molecule has 3 rings (SSSR count). The summed E-state index contributed by atoms with van der Waals surface area (Å²) >= 11 is 3.34. The van der Waals surface area contributed by atoms with Crippen LogP contribution in [0.2, 0.25) is 0 Å². The van der Waals surface area contributed by atoms with E-state index in [0.717, 1.165) is 30.2 Å². The van der Waals surface area contributed by atoms with Crippen LogP contribution in [0.25, 0.3) is 0 Å². The summed E-state index contributed by atoms with van der Waals surface area (Å²) in [6.07, 6.45) is 6.78. The highest BCUT2D eigenvalue weighted by Crippen LogP contribution is 2.29. The number of amides is 1. The second-order valence-electron chi connectivity index (χ2n) is 6.88. The van der Waals surface area contributed by atoms with E-state index in [4.69, 9.17) is 9.47 Å². The van der Waals surface area contributed by atoms with E-state index >= 15 is 0 Å². The summed E-state index contributed by atoms with van der Waals surface area (Å²) in [6.45, 7) is 0. The summed E-state index contributed by atoms with van der Waals surface area (Å²) in [7, 11) is 1.50. The number of hydrogen-bond donors (Lipinski definition) is 1. The van der Waals surface area contributed by atoms with Gasteiger partial charge in [-0.2, -0.15) is 5.10 Å². The average Bonchev–Trinajstić information content (AvgIpc) is 2.75. The quantitative estimate of drug-likeness (QED) is 0.294. The second kappa shape index (κ2) is 10.2. The zero-order valence-electron chi connectivity index (χ0n) is 16.2. The number of methoxy groups -OCH3 is 1. The van der Waals surface area contributed by atoms with Crippen molar-refractivity contribution in [1.29, 1.82) is 0 Å². The topological polar surface area (TPSA) is 77.0 Å². The minimum absolute atomic E-state index is 0.0347. The fraction of sp³-hybridized carbons (Fsp3) is 0.318. The first kappa shape index (κ1) is 21.0. The lowest BCUT2D eigenvalue weighted by Crippen LogP contribution is -2.28. The Kier molecular flexibility index (Phi) is 7.41. The van der Waals surface area contributed by atoms with Crippen LogP contribution in [-0.2, 0) is 4.79 Å². The fourth-order valence-corrected chi connectivity index (χ4v) is 3.65. The van der Waals surface area contributed by atoms with Crippen LogP contribution in [0.3, 0.4) is 0 Å². The van der Waals surface area contributed by atoms with E-state index in [0.29, 0.717) is 22.6 Å². The molecule has 1 aliphatic carbocycles. The van der Waals surface area contributed by atoms with Gasteiger partial charge in [-0.15, -0.1) is 0 Å². The number of halogens is 1. The fourth-order valence-electron chi connectivity index (χ4n) is 3.25. The SMILES string of the molecule is COc1cc(/C=N/NC(=O)C2CCCCC2)ccc1OC(=O)c1cccc(Br)c1. The maximum atomic E-state index is 12.3. The summed E-state index contributed by atoms with van der Waals surface area (Å²) in [4.78, 5) is 24.5. The lowest BCUT2D eigenvalue weighted by Gasteiger charge is -2.19. The summed E-state index contributed by atoms with van der Waals surface area (Å²) in [5, 5.41) is 4.05. The molecule has 0 aliphatic heterocycles. The summed E-state index contributed by atoms with van der Waals surface area (Å²) < 4.78 is 11.6. The summed E-state index contributed by atoms with van der Waals surface area (Å²) in [5.41, 5.74) is 3.76. The van der Waals surface area contributed by atoms with Crippen LogP contribution in [0.15, 0.2) is 52.0 Å². The normalized spacial score (nSPS) is 14.6. The summed E-state index contributed by atoms with van der Waals surface area (Å²) in [6, 6.07) is 12.0. The van der Waals surface area contributed by atoms with Gasteiger partial charge in [-0.3, -0.25) is 4.79 Å². The van der Waals surface area contributed by atoms with Gasteiger partial charge < -0.3 is 9.47 Å². The van der Waals surface area contributed by atoms with Crippen LogP contribution in [0.4, 0.5) is 0 Å². The van der Waals surface area contributed by atoms with Gasteiger partial charge in [-0.1, -0.05) is 41.3 Å². The van der Waals surface area contributed by atoms with Crippen molar-refractivity contribution in [2.75, 3.05) is 7.11 Å². The van der Waals surface area contributed by atoms with E-state index in [1.807, 2.05) is 6.07 Å². The Bertz CT molecular complexity index is 907. The van der Waals surface area contributed by atoms with Gasteiger partial charge in [0.2, 0.25) is 5.91 Å². The third-order valence-corrected chi connectivity index (χ3v) is 5.31. The van der Waals surface area contributed by atoms with Crippen LogP contribution < -0.4 is 14.9 Å². The molecule has 1 fully saturated rings. The van der Waals surface area contributed by atoms with Gasteiger partial charge in [-0.05, 0) is 54.8 Å². The molecular formula is C22H23BrN2O4. The Morgan fingerprint density at radius 1 is 1.10 bits per heavy atom. The minimum atomic E-state index is -0.481. The van der Waals surface area contributed by atoms with E-state index in [1.54, 1.807) is 42.6 Å². The molecule has 2 aromatic carbocycles. The standard InChI is InChI=1S/C22H23BrN2O4/c1-28-20-12-15(14-24-25-21(26)16-6-3-2-4-7-16)10-11-19(20)29-22(27)17-8-5-9-18(23)13-17/h5,8-14,16H,2-4,6-7H2,1H3,(H,25,26)/b24-14+. The predicted octanol–water partition coefficient (Wildman–Crippen LogP) is 4.71. The first-order valence-electron chi connectivity index (χ1n) is 9.55. The van der Waals surface area contributed by atoms with Crippen LogP contribution in [0.1, 0.15) is 48.0 Å². The molecule has 7 heteroatoms. The molecule has 2 aromatic rings. The highest BCUT2D eigenvalue weighted by atomic mass is 79.9. The number of rotatable bonds is 6. The molecule has 0 radical (unpaired) electrons. The molecule has 6 nitrogen and oxygen atoms in total. The first-order chi connectivity index (χ1) is 14.1. The number of hydrazone groups is 1. The van der Waals surface area contributed by atoms with Crippen molar-refractivity contribution in [3.8, 4) is 11.5 Å². The minimum Gasteiger partial charge on any atom is -0.493 e. The average molecular weight is 459 g/mol. The van der Waals surface area contributed by atoms with Crippen molar-refractivity contribution < 1.29 is 19.1 Å². The Balaban J connectivity index is 1.63. The maximum absolute atomic E-state index is 12.3. The van der Waals surface area contributed by atoms with Crippen molar-refractivity contribution in [2.24, 2.45) is 11.0 Å². The molecule has 29 heavy (non-hydrogen) atoms. The van der Waals surface area contributed by atoms with Crippen molar-refractivity contribution in [2.45, 2.75) is 32.1 Å². The molecule has 152 valence electrons. The van der Waals surface area contributed by atoms with E-state index < -0.39 is 5.97 Å². The molecule has 0 spiro atoms. The molecule has 0 aromatic heterocycles. The predicted molar refractivity (Wildman–Crippen MR) is 114 cm³/mol. The maximum Gasteiger partial charge on any atom is 0.343 e. The second-order valence-corrected chi connectivity index (χ2v) is 7.80. The number of benzene rings is 2. The van der Waals surface area contributed by atoms with Gasteiger partial charge in [0.25, 0.3) is 0 Å². The lowest BCUT2D eigenvalue weighted by atomic mass is 9.89. The molecule has 0 saturated heterocycles. The number of carbonyl (C=O) groups excluding carboxylic acids is 2. The van der Waals surface area contributed by atoms with Gasteiger partial charge in [0.15, 0.2) is 11.5 Å². The highest BCUT2D eigenvalue weighted by Gasteiger charge is 2.20. The number of hydrogen-bond acceptors (Lipinski definition) is 5. The molecule has 0 bridgehead atoms. The number of nitrogens with one attached hydrogen (secondary N) is 1. The molecule has 0 unspecified atom stereocenters. The number of esters is 1. The van der Waals surface area contributed by atoms with Crippen LogP contribution in [0, 0.1) is 5.92 Å². The zero-order valence-corrected chi connectivity index (χ0v) is 17.8. The molecule has 0 heterocycles. The lowest BCUT2D eigenvalue weighted by molar-refractivity contribution is -0.125. The smallest absolute Gasteiger partial charge is 0.343 e. The number of ether oxygens (including phenoxy) is 2. The van der Waals surface area contributed by atoms with Crippen molar-refractivity contribution in [1.82, 2.24) is 5.43 Å². The molecule has 1 aliphatic rings. The molecule has 1 saturated carbocycles. The molecule has 0 atom stereocenters. The number of nitrogens with zero attached hydrogens (tertiary/aromatic N) is 1. The van der Waals surface area contributed by atoms with Gasteiger partial charge in [0, 0.05) is 10.4 Å². The Morgan fingerprint density at radius 3 is 2.62 bits per heavy atom. The van der Waals surface area contributed by atoms with Crippen LogP contribution >= 0.6 is 15.9 Å². The monoisotopic (exact) mass is 458 g/mol. The Labute approximate surface area is 178 Å². The van der Waals surface area contributed by atoms with Crippen molar-refractivity contribution in [3.63, 3.8) is 0 Å². The van der Waals surface area contributed by atoms with Crippen molar-refractivity contribution in [3.05, 3.63) is 58.1 Å². The molecule has 1 N–H and O–H groups in total. The zero-order chi connectivity index (χ0) is 20.6.